The van der Waals surface area contributed by atoms with Crippen molar-refractivity contribution in [1.82, 2.24) is 5.32 Å². The Hall–Kier alpha value is -0.580. The average Bonchev–Trinajstić information content (AvgIpc) is 2.36. The molecule has 0 atom stereocenters. The third kappa shape index (κ3) is 5.43. The Kier molecular flexibility index (Phi) is 7.56. The molecule has 4 heteroatoms. The first-order valence-corrected chi connectivity index (χ1v) is 8.11. The highest BCUT2D eigenvalue weighted by Gasteiger charge is 2.14. The molecule has 20 heavy (non-hydrogen) atoms. The number of hydrogen-bond acceptors (Lipinski definition) is 3. The van der Waals surface area contributed by atoms with Gasteiger partial charge in [0.05, 0.1) is 6.61 Å². The number of aliphatic hydroxyl groups excluding tert-OH is 1. The topological polar surface area (TPSA) is 35.5 Å². The third-order valence-corrected chi connectivity index (χ3v) is 3.68. The zero-order valence-corrected chi connectivity index (χ0v) is 14.6. The van der Waals surface area contributed by atoms with Crippen LogP contribution in [0.2, 0.25) is 0 Å². The maximum Gasteiger partial charge on any atom is 0.0606 e. The minimum atomic E-state index is 0.174. The normalized spacial score (nSPS) is 11.4. The van der Waals surface area contributed by atoms with Gasteiger partial charge in [0.15, 0.2) is 0 Å². The molecule has 1 rings (SSSR count). The third-order valence-electron chi connectivity index (χ3n) is 3.18. The first kappa shape index (κ1) is 17.5. The van der Waals surface area contributed by atoms with Gasteiger partial charge in [0.1, 0.15) is 0 Å². The van der Waals surface area contributed by atoms with Crippen LogP contribution in [0.3, 0.4) is 0 Å². The molecule has 0 radical (unpaired) electrons. The standard InChI is InChI=1S/C16H27BrN2O/c1-12(2)10-18-11-14-9-15(17)5-6-16(14)19(7-8-20)13(3)4/h5-6,9,12-13,18,20H,7-8,10-11H2,1-4H3. The molecule has 0 amide bonds. The molecule has 2 N–H and O–H groups in total. The minimum absolute atomic E-state index is 0.174. The lowest BCUT2D eigenvalue weighted by Crippen LogP contribution is -2.34. The number of nitrogens with one attached hydrogen (secondary N) is 1. The van der Waals surface area contributed by atoms with Gasteiger partial charge in [-0.15, -0.1) is 0 Å². The van der Waals surface area contributed by atoms with Crippen molar-refractivity contribution < 1.29 is 5.11 Å². The summed E-state index contributed by atoms with van der Waals surface area (Å²) in [6, 6.07) is 6.72. The van der Waals surface area contributed by atoms with E-state index < -0.39 is 0 Å². The van der Waals surface area contributed by atoms with Crippen LogP contribution >= 0.6 is 15.9 Å². The van der Waals surface area contributed by atoms with Gasteiger partial charge in [-0.2, -0.15) is 0 Å². The molecular formula is C16H27BrN2O. The fourth-order valence-electron chi connectivity index (χ4n) is 2.24. The summed E-state index contributed by atoms with van der Waals surface area (Å²) in [7, 11) is 0. The SMILES string of the molecule is CC(C)CNCc1cc(Br)ccc1N(CCO)C(C)C. The molecule has 114 valence electrons. The van der Waals surface area contributed by atoms with Gasteiger partial charge in [-0.1, -0.05) is 29.8 Å². The van der Waals surface area contributed by atoms with E-state index >= 15 is 0 Å². The first-order valence-electron chi connectivity index (χ1n) is 7.32. The predicted octanol–water partition coefficient (Wildman–Crippen LogP) is 3.40. The summed E-state index contributed by atoms with van der Waals surface area (Å²) >= 11 is 3.55. The summed E-state index contributed by atoms with van der Waals surface area (Å²) < 4.78 is 1.09. The van der Waals surface area contributed by atoms with E-state index in [-0.39, 0.29) is 6.61 Å². The van der Waals surface area contributed by atoms with Gasteiger partial charge in [0.25, 0.3) is 0 Å². The second-order valence-electron chi connectivity index (χ2n) is 5.81. The van der Waals surface area contributed by atoms with Crippen molar-refractivity contribution in [2.24, 2.45) is 5.92 Å². The Labute approximate surface area is 131 Å². The molecule has 0 aliphatic carbocycles. The average molecular weight is 343 g/mol. The number of rotatable bonds is 8. The number of benzene rings is 1. The highest BCUT2D eigenvalue weighted by molar-refractivity contribution is 9.10. The van der Waals surface area contributed by atoms with Gasteiger partial charge in [-0.05, 0) is 50.1 Å². The van der Waals surface area contributed by atoms with Crippen LogP contribution in [0.15, 0.2) is 22.7 Å². The van der Waals surface area contributed by atoms with Crippen molar-refractivity contribution in [3.05, 3.63) is 28.2 Å². The van der Waals surface area contributed by atoms with E-state index in [2.05, 4.69) is 72.0 Å². The number of halogens is 1. The summed E-state index contributed by atoms with van der Waals surface area (Å²) in [4.78, 5) is 2.25. The van der Waals surface area contributed by atoms with Crippen LogP contribution in [0.1, 0.15) is 33.3 Å². The van der Waals surface area contributed by atoms with Crippen LogP contribution in [0.25, 0.3) is 0 Å². The summed E-state index contributed by atoms with van der Waals surface area (Å²) in [5, 5.41) is 12.8. The quantitative estimate of drug-likeness (QED) is 0.759. The van der Waals surface area contributed by atoms with Crippen LogP contribution in [0.5, 0.6) is 0 Å². The first-order chi connectivity index (χ1) is 9.45. The molecule has 1 aromatic rings. The maximum atomic E-state index is 9.27. The van der Waals surface area contributed by atoms with E-state index in [4.69, 9.17) is 0 Å². The van der Waals surface area contributed by atoms with Gasteiger partial charge < -0.3 is 15.3 Å². The lowest BCUT2D eigenvalue weighted by Gasteiger charge is -2.30. The molecule has 0 aliphatic rings. The molecule has 0 spiro atoms. The number of nitrogens with zero attached hydrogens (tertiary/aromatic N) is 1. The van der Waals surface area contributed by atoms with Crippen LogP contribution in [-0.4, -0.2) is 30.8 Å². The summed E-state index contributed by atoms with van der Waals surface area (Å²) in [5.41, 5.74) is 2.47. The lowest BCUT2D eigenvalue weighted by atomic mass is 10.1. The molecule has 0 bridgehead atoms. The number of anilines is 1. The molecule has 0 unspecified atom stereocenters. The van der Waals surface area contributed by atoms with Crippen LogP contribution in [0, 0.1) is 5.92 Å². The van der Waals surface area contributed by atoms with Crippen molar-refractivity contribution in [2.45, 2.75) is 40.3 Å². The Morgan fingerprint density at radius 1 is 1.25 bits per heavy atom. The van der Waals surface area contributed by atoms with Gasteiger partial charge >= 0.3 is 0 Å². The van der Waals surface area contributed by atoms with Crippen molar-refractivity contribution in [1.29, 1.82) is 0 Å². The fourth-order valence-corrected chi connectivity index (χ4v) is 2.64. The van der Waals surface area contributed by atoms with Crippen molar-refractivity contribution in [3.8, 4) is 0 Å². The smallest absolute Gasteiger partial charge is 0.0606 e. The zero-order chi connectivity index (χ0) is 15.1. The minimum Gasteiger partial charge on any atom is -0.395 e. The van der Waals surface area contributed by atoms with Crippen molar-refractivity contribution >= 4 is 21.6 Å². The lowest BCUT2D eigenvalue weighted by molar-refractivity contribution is 0.299. The largest absolute Gasteiger partial charge is 0.395 e. The van der Waals surface area contributed by atoms with Gasteiger partial charge in [0.2, 0.25) is 0 Å². The monoisotopic (exact) mass is 342 g/mol. The van der Waals surface area contributed by atoms with Gasteiger partial charge in [-0.3, -0.25) is 0 Å². The Morgan fingerprint density at radius 3 is 2.50 bits per heavy atom. The van der Waals surface area contributed by atoms with Crippen LogP contribution in [-0.2, 0) is 6.54 Å². The van der Waals surface area contributed by atoms with Crippen molar-refractivity contribution in [3.63, 3.8) is 0 Å². The summed E-state index contributed by atoms with van der Waals surface area (Å²) in [5.74, 6) is 0.643. The highest BCUT2D eigenvalue weighted by atomic mass is 79.9. The Morgan fingerprint density at radius 2 is 1.95 bits per heavy atom. The molecule has 0 fully saturated rings. The number of aliphatic hydroxyl groups is 1. The molecule has 0 aromatic heterocycles. The second-order valence-corrected chi connectivity index (χ2v) is 6.72. The van der Waals surface area contributed by atoms with Gasteiger partial charge in [0, 0.05) is 29.3 Å². The zero-order valence-electron chi connectivity index (χ0n) is 13.0. The molecule has 1 aromatic carbocycles. The summed E-state index contributed by atoms with van der Waals surface area (Å²) in [6.07, 6.45) is 0. The van der Waals surface area contributed by atoms with Gasteiger partial charge in [-0.25, -0.2) is 0 Å². The van der Waals surface area contributed by atoms with E-state index in [0.717, 1.165) is 17.6 Å². The van der Waals surface area contributed by atoms with E-state index in [1.54, 1.807) is 0 Å². The molecule has 0 aliphatic heterocycles. The molecular weight excluding hydrogens is 316 g/mol. The van der Waals surface area contributed by atoms with Crippen LogP contribution in [0.4, 0.5) is 5.69 Å². The maximum absolute atomic E-state index is 9.27. The summed E-state index contributed by atoms with van der Waals surface area (Å²) in [6.45, 7) is 11.4. The van der Waals surface area contributed by atoms with Crippen LogP contribution < -0.4 is 10.2 Å². The molecule has 0 saturated heterocycles. The van der Waals surface area contributed by atoms with E-state index in [1.807, 2.05) is 0 Å². The molecule has 3 nitrogen and oxygen atoms in total. The van der Waals surface area contributed by atoms with E-state index in [0.29, 0.717) is 18.5 Å². The molecule has 0 saturated carbocycles. The highest BCUT2D eigenvalue weighted by Crippen LogP contribution is 2.26. The number of hydrogen-bond donors (Lipinski definition) is 2. The van der Waals surface area contributed by atoms with E-state index in [1.165, 1.54) is 11.3 Å². The molecule has 0 heterocycles. The fraction of sp³-hybridized carbons (Fsp3) is 0.625. The Bertz CT molecular complexity index is 407. The Balaban J connectivity index is 2.92. The second kappa shape index (κ2) is 8.65. The van der Waals surface area contributed by atoms with E-state index in [9.17, 15) is 5.11 Å². The van der Waals surface area contributed by atoms with Crippen molar-refractivity contribution in [2.75, 3.05) is 24.6 Å². The predicted molar refractivity (Wildman–Crippen MR) is 90.3 cm³/mol.